The molecule has 0 bridgehead atoms. The van der Waals surface area contributed by atoms with Crippen LogP contribution >= 0.6 is 0 Å². The molecule has 0 spiro atoms. The second-order valence-electron chi connectivity index (χ2n) is 7.39. The van der Waals surface area contributed by atoms with Gasteiger partial charge in [-0.2, -0.15) is 0 Å². The molecule has 0 atom stereocenters. The van der Waals surface area contributed by atoms with Crippen LogP contribution in [0.25, 0.3) is 11.3 Å². The number of hydrogen-bond donors (Lipinski definition) is 2. The minimum atomic E-state index is -0.413. The Balaban J connectivity index is 1.77. The first-order valence-corrected chi connectivity index (χ1v) is 10.5. The minimum absolute atomic E-state index is 0.245. The summed E-state index contributed by atoms with van der Waals surface area (Å²) in [6.07, 6.45) is 0.798. The summed E-state index contributed by atoms with van der Waals surface area (Å²) in [7, 11) is 0. The standard InChI is InChI=1S/C26H23FN2O3/c1-2-32-23(30)14-11-17-7-6-8-18(15-17)25(28-20-9-4-3-5-10-20)24-21-13-12-19(27)16-22(21)29-26(24)31/h3-10,12-13,15-16,28H,2,11,14H2,1H3,(H,29,31). The molecule has 3 aromatic carbocycles. The van der Waals surface area contributed by atoms with Crippen molar-refractivity contribution in [3.63, 3.8) is 0 Å². The number of esters is 1. The van der Waals surface area contributed by atoms with E-state index in [1.807, 2.05) is 54.6 Å². The highest BCUT2D eigenvalue weighted by atomic mass is 19.1. The average molecular weight is 430 g/mol. The van der Waals surface area contributed by atoms with Gasteiger partial charge in [-0.25, -0.2) is 4.39 Å². The maximum absolute atomic E-state index is 13.7. The van der Waals surface area contributed by atoms with Crippen molar-refractivity contribution in [1.82, 2.24) is 0 Å². The summed E-state index contributed by atoms with van der Waals surface area (Å²) in [6.45, 7) is 2.13. The summed E-state index contributed by atoms with van der Waals surface area (Å²) in [4.78, 5) is 24.7. The Hall–Kier alpha value is -3.93. The fourth-order valence-electron chi connectivity index (χ4n) is 3.70. The normalized spacial score (nSPS) is 13.9. The van der Waals surface area contributed by atoms with Crippen LogP contribution in [0, 0.1) is 5.82 Å². The summed E-state index contributed by atoms with van der Waals surface area (Å²) >= 11 is 0. The molecule has 1 amide bonds. The van der Waals surface area contributed by atoms with Gasteiger partial charge in [0.05, 0.1) is 23.6 Å². The van der Waals surface area contributed by atoms with Crippen LogP contribution in [0.3, 0.4) is 0 Å². The molecule has 0 fully saturated rings. The molecule has 6 heteroatoms. The second-order valence-corrected chi connectivity index (χ2v) is 7.39. The van der Waals surface area contributed by atoms with E-state index in [1.165, 1.54) is 12.1 Å². The quantitative estimate of drug-likeness (QED) is 0.397. The number of hydrogen-bond acceptors (Lipinski definition) is 4. The third-order valence-electron chi connectivity index (χ3n) is 5.16. The van der Waals surface area contributed by atoms with E-state index < -0.39 is 5.82 Å². The molecule has 2 N–H and O–H groups in total. The van der Waals surface area contributed by atoms with Gasteiger partial charge in [0.15, 0.2) is 0 Å². The molecule has 3 aromatic rings. The van der Waals surface area contributed by atoms with Gasteiger partial charge in [-0.05, 0) is 60.9 Å². The molecule has 0 radical (unpaired) electrons. The highest BCUT2D eigenvalue weighted by Gasteiger charge is 2.29. The van der Waals surface area contributed by atoms with E-state index in [4.69, 9.17) is 4.74 Å². The molecular weight excluding hydrogens is 407 g/mol. The van der Waals surface area contributed by atoms with E-state index in [9.17, 15) is 14.0 Å². The fourth-order valence-corrected chi connectivity index (χ4v) is 3.70. The molecule has 5 nitrogen and oxygen atoms in total. The Labute approximate surface area is 185 Å². The minimum Gasteiger partial charge on any atom is -0.466 e. The molecule has 0 saturated heterocycles. The van der Waals surface area contributed by atoms with E-state index >= 15 is 0 Å². The number of carbonyl (C=O) groups excluding carboxylic acids is 2. The van der Waals surface area contributed by atoms with Gasteiger partial charge in [0.2, 0.25) is 0 Å². The number of anilines is 2. The van der Waals surface area contributed by atoms with Crippen LogP contribution < -0.4 is 10.6 Å². The summed E-state index contributed by atoms with van der Waals surface area (Å²) in [6, 6.07) is 21.5. The van der Waals surface area contributed by atoms with Crippen molar-refractivity contribution in [2.24, 2.45) is 0 Å². The Morgan fingerprint density at radius 3 is 2.62 bits per heavy atom. The lowest BCUT2D eigenvalue weighted by molar-refractivity contribution is -0.143. The second kappa shape index (κ2) is 9.47. The van der Waals surface area contributed by atoms with Crippen LogP contribution in [0.5, 0.6) is 0 Å². The van der Waals surface area contributed by atoms with Crippen molar-refractivity contribution < 1.29 is 18.7 Å². The number of aryl methyl sites for hydroxylation is 1. The van der Waals surface area contributed by atoms with Crippen LogP contribution in [-0.2, 0) is 20.7 Å². The van der Waals surface area contributed by atoms with E-state index in [0.717, 1.165) is 16.8 Å². The number of halogens is 1. The molecule has 32 heavy (non-hydrogen) atoms. The SMILES string of the molecule is CCOC(=O)CCc1cccc(C(Nc2ccccc2)=C2C(=O)Nc3cc(F)ccc32)c1. The molecule has 4 rings (SSSR count). The number of ether oxygens (including phenoxy) is 1. The monoisotopic (exact) mass is 430 g/mol. The Morgan fingerprint density at radius 2 is 1.84 bits per heavy atom. The number of carbonyl (C=O) groups is 2. The Kier molecular flexibility index (Phi) is 6.31. The summed E-state index contributed by atoms with van der Waals surface area (Å²) < 4.78 is 18.7. The smallest absolute Gasteiger partial charge is 0.306 e. The lowest BCUT2D eigenvalue weighted by Crippen LogP contribution is -2.10. The van der Waals surface area contributed by atoms with E-state index in [1.54, 1.807) is 13.0 Å². The van der Waals surface area contributed by atoms with Crippen molar-refractivity contribution in [2.75, 3.05) is 17.2 Å². The first-order chi connectivity index (χ1) is 15.5. The first kappa shape index (κ1) is 21.3. The highest BCUT2D eigenvalue weighted by Crippen LogP contribution is 2.38. The van der Waals surface area contributed by atoms with Crippen LogP contribution in [0.15, 0.2) is 72.8 Å². The van der Waals surface area contributed by atoms with Gasteiger partial charge in [-0.3, -0.25) is 9.59 Å². The Bertz CT molecular complexity index is 1190. The van der Waals surface area contributed by atoms with Crippen LogP contribution in [0.2, 0.25) is 0 Å². The number of rotatable bonds is 7. The maximum Gasteiger partial charge on any atom is 0.306 e. The Morgan fingerprint density at radius 1 is 1.03 bits per heavy atom. The van der Waals surface area contributed by atoms with Gasteiger partial charge in [-0.15, -0.1) is 0 Å². The third-order valence-corrected chi connectivity index (χ3v) is 5.16. The molecule has 162 valence electrons. The van der Waals surface area contributed by atoms with Crippen LogP contribution in [-0.4, -0.2) is 18.5 Å². The molecule has 0 unspecified atom stereocenters. The van der Waals surface area contributed by atoms with Crippen molar-refractivity contribution in [2.45, 2.75) is 19.8 Å². The van der Waals surface area contributed by atoms with Gasteiger partial charge >= 0.3 is 5.97 Å². The van der Waals surface area contributed by atoms with E-state index in [0.29, 0.717) is 35.5 Å². The molecule has 1 heterocycles. The van der Waals surface area contributed by atoms with Gasteiger partial charge < -0.3 is 15.4 Å². The maximum atomic E-state index is 13.7. The van der Waals surface area contributed by atoms with Crippen LogP contribution in [0.4, 0.5) is 15.8 Å². The van der Waals surface area contributed by atoms with E-state index in [-0.39, 0.29) is 18.3 Å². The third kappa shape index (κ3) is 4.70. The van der Waals surface area contributed by atoms with Crippen molar-refractivity contribution >= 4 is 34.5 Å². The zero-order valence-corrected chi connectivity index (χ0v) is 17.7. The highest BCUT2D eigenvalue weighted by molar-refractivity contribution is 6.37. The zero-order valence-electron chi connectivity index (χ0n) is 17.7. The zero-order chi connectivity index (χ0) is 22.5. The molecular formula is C26H23FN2O3. The predicted octanol–water partition coefficient (Wildman–Crippen LogP) is 5.25. The number of fused-ring (bicyclic) bond motifs is 1. The van der Waals surface area contributed by atoms with Crippen molar-refractivity contribution in [1.29, 1.82) is 0 Å². The predicted molar refractivity (Wildman–Crippen MR) is 123 cm³/mol. The molecule has 0 aliphatic carbocycles. The van der Waals surface area contributed by atoms with Gasteiger partial charge in [0.25, 0.3) is 5.91 Å². The number of para-hydroxylation sites is 1. The lowest BCUT2D eigenvalue weighted by Gasteiger charge is -2.16. The number of benzene rings is 3. The summed E-state index contributed by atoms with van der Waals surface area (Å²) in [5.74, 6) is -0.963. The number of nitrogens with one attached hydrogen (secondary N) is 2. The van der Waals surface area contributed by atoms with Gasteiger partial charge in [0, 0.05) is 17.7 Å². The lowest BCUT2D eigenvalue weighted by atomic mass is 9.97. The molecule has 0 saturated carbocycles. The fraction of sp³-hybridized carbons (Fsp3) is 0.154. The number of amides is 1. The topological polar surface area (TPSA) is 67.4 Å². The average Bonchev–Trinajstić information content (AvgIpc) is 3.11. The summed E-state index contributed by atoms with van der Waals surface area (Å²) in [5.41, 5.74) is 4.67. The van der Waals surface area contributed by atoms with Gasteiger partial charge in [-0.1, -0.05) is 36.4 Å². The molecule has 1 aliphatic rings. The van der Waals surface area contributed by atoms with Crippen LogP contribution in [0.1, 0.15) is 30.0 Å². The largest absolute Gasteiger partial charge is 0.466 e. The van der Waals surface area contributed by atoms with Crippen molar-refractivity contribution in [3.05, 3.63) is 95.3 Å². The summed E-state index contributed by atoms with van der Waals surface area (Å²) in [5, 5.41) is 6.12. The van der Waals surface area contributed by atoms with Crippen molar-refractivity contribution in [3.8, 4) is 0 Å². The van der Waals surface area contributed by atoms with Gasteiger partial charge in [0.1, 0.15) is 5.82 Å². The van der Waals surface area contributed by atoms with E-state index in [2.05, 4.69) is 10.6 Å². The molecule has 0 aromatic heterocycles. The first-order valence-electron chi connectivity index (χ1n) is 10.5. The molecule has 1 aliphatic heterocycles.